The highest BCUT2D eigenvalue weighted by atomic mass is 35.5. The van der Waals surface area contributed by atoms with Crippen LogP contribution in [-0.2, 0) is 6.42 Å². The van der Waals surface area contributed by atoms with Crippen molar-refractivity contribution in [2.45, 2.75) is 19.8 Å². The third kappa shape index (κ3) is 4.10. The average molecular weight is 289 g/mol. The first-order valence-corrected chi connectivity index (χ1v) is 7.07. The molecule has 0 aromatic heterocycles. The van der Waals surface area contributed by atoms with Gasteiger partial charge >= 0.3 is 0 Å². The van der Waals surface area contributed by atoms with Gasteiger partial charge in [0, 0.05) is 17.0 Å². The number of carbonyl (C=O) groups is 1. The van der Waals surface area contributed by atoms with Crippen molar-refractivity contribution in [1.29, 1.82) is 0 Å². The molecule has 3 heteroatoms. The molecule has 0 saturated carbocycles. The molecule has 0 fully saturated rings. The van der Waals surface area contributed by atoms with Gasteiger partial charge in [0.2, 0.25) is 0 Å². The zero-order valence-corrected chi connectivity index (χ0v) is 12.2. The Balaban J connectivity index is 2.09. The number of carbonyl (C=O) groups excluding carboxylic acids is 1. The fraction of sp³-hybridized carbons (Fsp3) is 0.235. The Bertz CT molecular complexity index is 593. The minimum absolute atomic E-state index is 0.0641. The highest BCUT2D eigenvalue weighted by molar-refractivity contribution is 6.30. The van der Waals surface area contributed by atoms with E-state index in [4.69, 9.17) is 16.3 Å². The van der Waals surface area contributed by atoms with Crippen LogP contribution in [0.3, 0.4) is 0 Å². The number of ketones is 1. The molecule has 0 saturated heterocycles. The van der Waals surface area contributed by atoms with Crippen molar-refractivity contribution in [2.24, 2.45) is 0 Å². The van der Waals surface area contributed by atoms with Gasteiger partial charge < -0.3 is 4.74 Å². The molecule has 0 heterocycles. The Labute approximate surface area is 124 Å². The van der Waals surface area contributed by atoms with Crippen molar-refractivity contribution >= 4 is 17.4 Å². The molecule has 0 unspecified atom stereocenters. The Morgan fingerprint density at radius 2 is 1.95 bits per heavy atom. The van der Waals surface area contributed by atoms with Crippen molar-refractivity contribution in [2.75, 3.05) is 6.61 Å². The summed E-state index contributed by atoms with van der Waals surface area (Å²) in [5.74, 6) is 0.804. The lowest BCUT2D eigenvalue weighted by Gasteiger charge is -2.07. The molecule has 0 amide bonds. The van der Waals surface area contributed by atoms with Crippen LogP contribution < -0.4 is 4.74 Å². The van der Waals surface area contributed by atoms with E-state index in [1.807, 2.05) is 43.3 Å². The Morgan fingerprint density at radius 1 is 1.15 bits per heavy atom. The molecule has 2 rings (SSSR count). The van der Waals surface area contributed by atoms with Gasteiger partial charge in [0.25, 0.3) is 0 Å². The molecule has 0 bridgehead atoms. The van der Waals surface area contributed by atoms with E-state index in [-0.39, 0.29) is 5.78 Å². The van der Waals surface area contributed by atoms with Gasteiger partial charge in [0.05, 0.1) is 6.61 Å². The summed E-state index contributed by atoms with van der Waals surface area (Å²) in [6.07, 6.45) is 1.29. The number of ether oxygens (including phenoxy) is 1. The highest BCUT2D eigenvalue weighted by Crippen LogP contribution is 2.17. The molecule has 20 heavy (non-hydrogen) atoms. The van der Waals surface area contributed by atoms with Gasteiger partial charge in [0.15, 0.2) is 5.78 Å². The lowest BCUT2D eigenvalue weighted by atomic mass is 10.0. The molecule has 2 aromatic rings. The number of benzene rings is 2. The quantitative estimate of drug-likeness (QED) is 0.729. The zero-order valence-electron chi connectivity index (χ0n) is 11.4. The predicted octanol–water partition coefficient (Wildman–Crippen LogP) is 4.55. The second kappa shape index (κ2) is 7.11. The fourth-order valence-corrected chi connectivity index (χ4v) is 2.13. The second-order valence-corrected chi connectivity index (χ2v) is 5.04. The van der Waals surface area contributed by atoms with E-state index in [0.29, 0.717) is 23.6 Å². The minimum atomic E-state index is 0.0641. The molecule has 0 spiro atoms. The Hall–Kier alpha value is -1.80. The summed E-state index contributed by atoms with van der Waals surface area (Å²) in [6, 6.07) is 14.7. The lowest BCUT2D eigenvalue weighted by Crippen LogP contribution is -2.04. The van der Waals surface area contributed by atoms with E-state index >= 15 is 0 Å². The molecule has 0 radical (unpaired) electrons. The monoisotopic (exact) mass is 288 g/mol. The Morgan fingerprint density at radius 3 is 2.70 bits per heavy atom. The molecule has 0 aliphatic carbocycles. The largest absolute Gasteiger partial charge is 0.494 e. The van der Waals surface area contributed by atoms with E-state index in [1.165, 1.54) is 0 Å². The normalized spacial score (nSPS) is 10.3. The lowest BCUT2D eigenvalue weighted by molar-refractivity contribution is 0.0992. The maximum Gasteiger partial charge on any atom is 0.167 e. The molecular weight excluding hydrogens is 272 g/mol. The van der Waals surface area contributed by atoms with Gasteiger partial charge in [-0.2, -0.15) is 0 Å². The third-order valence-corrected chi connectivity index (χ3v) is 3.12. The van der Waals surface area contributed by atoms with Gasteiger partial charge in [0.1, 0.15) is 5.75 Å². The summed E-state index contributed by atoms with van der Waals surface area (Å²) < 4.78 is 5.54. The summed E-state index contributed by atoms with van der Waals surface area (Å²) in [5.41, 5.74) is 1.58. The molecule has 0 aliphatic heterocycles. The first kappa shape index (κ1) is 14.6. The molecule has 104 valence electrons. The van der Waals surface area contributed by atoms with Crippen LogP contribution in [0, 0.1) is 0 Å². The van der Waals surface area contributed by atoms with Crippen molar-refractivity contribution < 1.29 is 9.53 Å². The van der Waals surface area contributed by atoms with E-state index < -0.39 is 0 Å². The molecule has 0 N–H and O–H groups in total. The van der Waals surface area contributed by atoms with Gasteiger partial charge in [-0.1, -0.05) is 42.8 Å². The van der Waals surface area contributed by atoms with Crippen LogP contribution in [0.1, 0.15) is 29.3 Å². The summed E-state index contributed by atoms with van der Waals surface area (Å²) in [7, 11) is 0. The van der Waals surface area contributed by atoms with E-state index in [1.54, 1.807) is 12.1 Å². The van der Waals surface area contributed by atoms with Crippen molar-refractivity contribution in [1.82, 2.24) is 0 Å². The number of Topliss-reactive ketones (excluding diaryl/α,β-unsaturated/α-hetero) is 1. The zero-order chi connectivity index (χ0) is 14.4. The number of hydrogen-bond acceptors (Lipinski definition) is 2. The van der Waals surface area contributed by atoms with Crippen LogP contribution in [0.4, 0.5) is 0 Å². The van der Waals surface area contributed by atoms with Crippen molar-refractivity contribution in [3.63, 3.8) is 0 Å². The summed E-state index contributed by atoms with van der Waals surface area (Å²) in [4.78, 5) is 12.3. The molecular formula is C17H17ClO2. The maximum absolute atomic E-state index is 12.3. The first-order valence-electron chi connectivity index (χ1n) is 6.69. The molecule has 2 nitrogen and oxygen atoms in total. The smallest absolute Gasteiger partial charge is 0.167 e. The van der Waals surface area contributed by atoms with E-state index in [9.17, 15) is 4.79 Å². The topological polar surface area (TPSA) is 26.3 Å². The van der Waals surface area contributed by atoms with Crippen LogP contribution in [0.15, 0.2) is 48.5 Å². The minimum Gasteiger partial charge on any atom is -0.494 e. The molecule has 2 aromatic carbocycles. The third-order valence-electron chi connectivity index (χ3n) is 2.88. The maximum atomic E-state index is 12.3. The van der Waals surface area contributed by atoms with Crippen molar-refractivity contribution in [3.8, 4) is 5.75 Å². The Kier molecular flexibility index (Phi) is 5.19. The van der Waals surface area contributed by atoms with Gasteiger partial charge in [-0.3, -0.25) is 4.79 Å². The van der Waals surface area contributed by atoms with Crippen LogP contribution in [-0.4, -0.2) is 12.4 Å². The fourth-order valence-electron chi connectivity index (χ4n) is 1.91. The van der Waals surface area contributed by atoms with Crippen LogP contribution in [0.5, 0.6) is 5.75 Å². The highest BCUT2D eigenvalue weighted by Gasteiger charge is 2.08. The summed E-state index contributed by atoms with van der Waals surface area (Å²) >= 11 is 5.93. The summed E-state index contributed by atoms with van der Waals surface area (Å²) in [5, 5.41) is 0.648. The number of halogens is 1. The van der Waals surface area contributed by atoms with Gasteiger partial charge in [-0.25, -0.2) is 0 Å². The van der Waals surface area contributed by atoms with Crippen LogP contribution in [0.2, 0.25) is 5.02 Å². The van der Waals surface area contributed by atoms with E-state index in [0.717, 1.165) is 17.7 Å². The van der Waals surface area contributed by atoms with Gasteiger partial charge in [-0.15, -0.1) is 0 Å². The van der Waals surface area contributed by atoms with Gasteiger partial charge in [-0.05, 0) is 36.2 Å². The second-order valence-electron chi connectivity index (χ2n) is 4.61. The average Bonchev–Trinajstić information content (AvgIpc) is 2.45. The number of hydrogen-bond donors (Lipinski definition) is 0. The standard InChI is InChI=1S/C17H17ClO2/c1-2-9-20-16-8-4-6-14(12-16)17(19)11-13-5-3-7-15(18)10-13/h3-8,10,12H,2,9,11H2,1H3. The molecule has 0 aliphatic rings. The van der Waals surface area contributed by atoms with E-state index in [2.05, 4.69) is 0 Å². The SMILES string of the molecule is CCCOc1cccc(C(=O)Cc2cccc(Cl)c2)c1. The molecule has 0 atom stereocenters. The summed E-state index contributed by atoms with van der Waals surface area (Å²) in [6.45, 7) is 2.71. The predicted molar refractivity (Wildman–Crippen MR) is 81.7 cm³/mol. The van der Waals surface area contributed by atoms with Crippen LogP contribution in [0.25, 0.3) is 0 Å². The van der Waals surface area contributed by atoms with Crippen LogP contribution >= 0.6 is 11.6 Å². The van der Waals surface area contributed by atoms with Crippen molar-refractivity contribution in [3.05, 3.63) is 64.7 Å². The number of rotatable bonds is 6. The first-order chi connectivity index (χ1) is 9.69.